The fraction of sp³-hybridized carbons (Fsp3) is 0.562. The summed E-state index contributed by atoms with van der Waals surface area (Å²) in [5.41, 5.74) is 3.53. The summed E-state index contributed by atoms with van der Waals surface area (Å²) in [5.74, 6) is 0.581. The summed E-state index contributed by atoms with van der Waals surface area (Å²) >= 11 is 1.62. The molecule has 3 rings (SSSR count). The standard InChI is InChI=1S/C16H23N5OS/c1-3-21-9-14(7-19-21)16(22)20(8-13-4-5-17-6-13)10-15-12(2)18-11-23-15/h7,9,11,13,17H,3-6,8,10H2,1-2H3/t13-/m0/s1. The van der Waals surface area contributed by atoms with Crippen LogP contribution in [0.4, 0.5) is 0 Å². The molecule has 6 nitrogen and oxygen atoms in total. The molecule has 1 fully saturated rings. The Morgan fingerprint density at radius 2 is 2.43 bits per heavy atom. The number of carbonyl (C=O) groups excluding carboxylic acids is 1. The number of amides is 1. The zero-order valence-corrected chi connectivity index (χ0v) is 14.5. The summed E-state index contributed by atoms with van der Waals surface area (Å²) in [4.78, 5) is 20.4. The first-order valence-corrected chi connectivity index (χ1v) is 8.96. The van der Waals surface area contributed by atoms with E-state index in [0.29, 0.717) is 18.0 Å². The first kappa shape index (κ1) is 16.1. The zero-order valence-electron chi connectivity index (χ0n) is 13.7. The molecule has 0 unspecified atom stereocenters. The van der Waals surface area contributed by atoms with Gasteiger partial charge in [-0.15, -0.1) is 11.3 Å². The van der Waals surface area contributed by atoms with Gasteiger partial charge in [0.2, 0.25) is 0 Å². The van der Waals surface area contributed by atoms with Gasteiger partial charge < -0.3 is 10.2 Å². The second kappa shape index (κ2) is 7.23. The molecule has 0 bridgehead atoms. The summed E-state index contributed by atoms with van der Waals surface area (Å²) < 4.78 is 1.79. The molecule has 1 atom stereocenters. The highest BCUT2D eigenvalue weighted by atomic mass is 32.1. The second-order valence-corrected chi connectivity index (χ2v) is 6.93. The highest BCUT2D eigenvalue weighted by Crippen LogP contribution is 2.19. The molecule has 3 heterocycles. The van der Waals surface area contributed by atoms with Gasteiger partial charge in [-0.2, -0.15) is 5.10 Å². The zero-order chi connectivity index (χ0) is 16.2. The number of nitrogens with one attached hydrogen (secondary N) is 1. The first-order chi connectivity index (χ1) is 11.2. The molecule has 0 spiro atoms. The van der Waals surface area contributed by atoms with Crippen molar-refractivity contribution >= 4 is 17.2 Å². The van der Waals surface area contributed by atoms with E-state index in [-0.39, 0.29) is 5.91 Å². The normalized spacial score (nSPS) is 17.6. The molecular formula is C16H23N5OS. The van der Waals surface area contributed by atoms with Gasteiger partial charge >= 0.3 is 0 Å². The van der Waals surface area contributed by atoms with Gasteiger partial charge in [0.25, 0.3) is 5.91 Å². The molecule has 1 aliphatic rings. The van der Waals surface area contributed by atoms with E-state index in [1.54, 1.807) is 22.2 Å². The van der Waals surface area contributed by atoms with Crippen LogP contribution < -0.4 is 5.32 Å². The lowest BCUT2D eigenvalue weighted by molar-refractivity contribution is 0.0720. The summed E-state index contributed by atoms with van der Waals surface area (Å²) in [6.45, 7) is 8.22. The van der Waals surface area contributed by atoms with E-state index in [2.05, 4.69) is 15.4 Å². The SMILES string of the molecule is CCn1cc(C(=O)N(Cc2scnc2C)C[C@H]2CCNC2)cn1. The van der Waals surface area contributed by atoms with Crippen molar-refractivity contribution < 1.29 is 4.79 Å². The lowest BCUT2D eigenvalue weighted by Gasteiger charge is -2.25. The Morgan fingerprint density at radius 3 is 3.04 bits per heavy atom. The molecule has 2 aromatic rings. The third kappa shape index (κ3) is 3.79. The van der Waals surface area contributed by atoms with Crippen molar-refractivity contribution in [2.75, 3.05) is 19.6 Å². The number of carbonyl (C=O) groups is 1. The molecule has 2 aromatic heterocycles. The molecule has 0 aliphatic carbocycles. The van der Waals surface area contributed by atoms with Crippen LogP contribution in [0.15, 0.2) is 17.9 Å². The Hall–Kier alpha value is -1.73. The van der Waals surface area contributed by atoms with Gasteiger partial charge in [0.1, 0.15) is 0 Å². The minimum atomic E-state index is 0.0596. The van der Waals surface area contributed by atoms with Gasteiger partial charge in [-0.05, 0) is 39.3 Å². The number of nitrogens with zero attached hydrogens (tertiary/aromatic N) is 4. The Balaban J connectivity index is 1.78. The van der Waals surface area contributed by atoms with Crippen LogP contribution in [0.2, 0.25) is 0 Å². The summed E-state index contributed by atoms with van der Waals surface area (Å²) in [6.07, 6.45) is 4.63. The van der Waals surface area contributed by atoms with Crippen molar-refractivity contribution in [3.8, 4) is 0 Å². The quantitative estimate of drug-likeness (QED) is 0.877. The van der Waals surface area contributed by atoms with Crippen molar-refractivity contribution in [2.24, 2.45) is 5.92 Å². The predicted octanol–water partition coefficient (Wildman–Crippen LogP) is 1.92. The van der Waals surface area contributed by atoms with E-state index in [9.17, 15) is 4.79 Å². The molecule has 23 heavy (non-hydrogen) atoms. The Bertz CT molecular complexity index is 659. The van der Waals surface area contributed by atoms with Crippen molar-refractivity contribution in [3.63, 3.8) is 0 Å². The van der Waals surface area contributed by atoms with Gasteiger partial charge in [0.15, 0.2) is 0 Å². The van der Waals surface area contributed by atoms with Crippen LogP contribution in [0.5, 0.6) is 0 Å². The van der Waals surface area contributed by atoms with Crippen molar-refractivity contribution in [1.29, 1.82) is 0 Å². The van der Waals surface area contributed by atoms with Crippen LogP contribution in [0.3, 0.4) is 0 Å². The molecule has 1 amide bonds. The molecule has 1 aliphatic heterocycles. The number of hydrogen-bond acceptors (Lipinski definition) is 5. The molecule has 1 N–H and O–H groups in total. The van der Waals surface area contributed by atoms with E-state index in [4.69, 9.17) is 0 Å². The maximum Gasteiger partial charge on any atom is 0.257 e. The minimum Gasteiger partial charge on any atom is -0.333 e. The van der Waals surface area contributed by atoms with Gasteiger partial charge in [-0.25, -0.2) is 4.98 Å². The molecule has 0 aromatic carbocycles. The number of hydrogen-bond donors (Lipinski definition) is 1. The van der Waals surface area contributed by atoms with E-state index >= 15 is 0 Å². The van der Waals surface area contributed by atoms with E-state index in [0.717, 1.165) is 43.2 Å². The average molecular weight is 333 g/mol. The van der Waals surface area contributed by atoms with Crippen molar-refractivity contribution in [1.82, 2.24) is 25.0 Å². The molecule has 124 valence electrons. The van der Waals surface area contributed by atoms with Crippen molar-refractivity contribution in [2.45, 2.75) is 33.4 Å². The molecular weight excluding hydrogens is 310 g/mol. The van der Waals surface area contributed by atoms with E-state index in [1.165, 1.54) is 0 Å². The van der Waals surface area contributed by atoms with Gasteiger partial charge in [0.05, 0.1) is 29.5 Å². The highest BCUT2D eigenvalue weighted by molar-refractivity contribution is 7.09. The largest absolute Gasteiger partial charge is 0.333 e. The van der Waals surface area contributed by atoms with Crippen LogP contribution >= 0.6 is 11.3 Å². The van der Waals surface area contributed by atoms with E-state index < -0.39 is 0 Å². The monoisotopic (exact) mass is 333 g/mol. The number of rotatable bonds is 6. The molecule has 0 radical (unpaired) electrons. The number of thiazole rings is 1. The Labute approximate surface area is 140 Å². The fourth-order valence-corrected chi connectivity index (χ4v) is 3.67. The third-order valence-corrected chi connectivity index (χ3v) is 5.23. The van der Waals surface area contributed by atoms with Gasteiger partial charge in [-0.1, -0.05) is 0 Å². The van der Waals surface area contributed by atoms with Gasteiger partial charge in [0, 0.05) is 24.2 Å². The Morgan fingerprint density at radius 1 is 1.57 bits per heavy atom. The smallest absolute Gasteiger partial charge is 0.257 e. The highest BCUT2D eigenvalue weighted by Gasteiger charge is 2.24. The Kier molecular flexibility index (Phi) is 5.07. The predicted molar refractivity (Wildman–Crippen MR) is 90.5 cm³/mol. The first-order valence-electron chi connectivity index (χ1n) is 8.08. The molecule has 0 saturated carbocycles. The maximum absolute atomic E-state index is 12.9. The maximum atomic E-state index is 12.9. The second-order valence-electron chi connectivity index (χ2n) is 5.99. The van der Waals surface area contributed by atoms with Crippen LogP contribution in [0.1, 0.15) is 34.3 Å². The van der Waals surface area contributed by atoms with Crippen LogP contribution in [0.25, 0.3) is 0 Å². The summed E-state index contributed by atoms with van der Waals surface area (Å²) in [5, 5.41) is 7.61. The average Bonchev–Trinajstić information content (AvgIpc) is 3.28. The lowest BCUT2D eigenvalue weighted by Crippen LogP contribution is -2.35. The third-order valence-electron chi connectivity index (χ3n) is 4.31. The molecule has 1 saturated heterocycles. The summed E-state index contributed by atoms with van der Waals surface area (Å²) in [6, 6.07) is 0. The minimum absolute atomic E-state index is 0.0596. The number of aromatic nitrogens is 3. The topological polar surface area (TPSA) is 63.1 Å². The van der Waals surface area contributed by atoms with Crippen LogP contribution in [-0.4, -0.2) is 45.2 Å². The van der Waals surface area contributed by atoms with Crippen LogP contribution in [0, 0.1) is 12.8 Å². The number of aryl methyl sites for hydroxylation is 2. The van der Waals surface area contributed by atoms with Crippen LogP contribution in [-0.2, 0) is 13.1 Å². The van der Waals surface area contributed by atoms with E-state index in [1.807, 2.05) is 30.5 Å². The summed E-state index contributed by atoms with van der Waals surface area (Å²) in [7, 11) is 0. The van der Waals surface area contributed by atoms with Gasteiger partial charge in [-0.3, -0.25) is 9.48 Å². The van der Waals surface area contributed by atoms with Crippen molar-refractivity contribution in [3.05, 3.63) is 34.0 Å². The lowest BCUT2D eigenvalue weighted by atomic mass is 10.1. The fourth-order valence-electron chi connectivity index (χ4n) is 2.88. The molecule has 7 heteroatoms.